The van der Waals surface area contributed by atoms with Crippen molar-refractivity contribution < 1.29 is 17.3 Å². The first-order valence-corrected chi connectivity index (χ1v) is 8.44. The fraction of sp³-hybridized carbons (Fsp3) is 0.385. The first-order chi connectivity index (χ1) is 9.78. The Labute approximate surface area is 127 Å². The van der Waals surface area contributed by atoms with E-state index in [4.69, 9.17) is 16.1 Å². The third kappa shape index (κ3) is 4.01. The summed E-state index contributed by atoms with van der Waals surface area (Å²) in [7, 11) is -3.67. The number of hydrogen-bond donors (Lipinski definition) is 0. The van der Waals surface area contributed by atoms with E-state index in [1.165, 1.54) is 18.2 Å². The summed E-state index contributed by atoms with van der Waals surface area (Å²) in [4.78, 5) is 4.00. The van der Waals surface area contributed by atoms with E-state index in [1.807, 2.05) is 13.8 Å². The minimum atomic E-state index is -3.67. The number of benzene rings is 1. The quantitative estimate of drug-likeness (QED) is 0.841. The van der Waals surface area contributed by atoms with Crippen LogP contribution in [-0.4, -0.2) is 18.6 Å². The molecule has 0 atom stereocenters. The Kier molecular flexibility index (Phi) is 4.63. The van der Waals surface area contributed by atoms with E-state index in [2.05, 4.69) is 10.1 Å². The summed E-state index contributed by atoms with van der Waals surface area (Å²) < 4.78 is 42.7. The molecule has 0 amide bonds. The highest BCUT2D eigenvalue weighted by Gasteiger charge is 2.21. The molecule has 0 fully saturated rings. The van der Waals surface area contributed by atoms with Crippen molar-refractivity contribution in [2.45, 2.75) is 31.3 Å². The molecule has 2 rings (SSSR count). The Morgan fingerprint density at radius 2 is 2.05 bits per heavy atom. The summed E-state index contributed by atoms with van der Waals surface area (Å²) in [5, 5.41) is 3.77. The molecule has 0 N–H and O–H groups in total. The molecule has 2 aromatic rings. The van der Waals surface area contributed by atoms with E-state index < -0.39 is 27.2 Å². The Balaban J connectivity index is 2.18. The molecule has 21 heavy (non-hydrogen) atoms. The van der Waals surface area contributed by atoms with E-state index in [-0.39, 0.29) is 22.4 Å². The SMILES string of the molecule is CC(C)c1noc(CS(=O)(=O)Cc2c(F)cccc2Cl)n1. The minimum Gasteiger partial charge on any atom is -0.338 e. The van der Waals surface area contributed by atoms with Crippen LogP contribution < -0.4 is 0 Å². The van der Waals surface area contributed by atoms with Crippen LogP contribution in [-0.2, 0) is 21.3 Å². The van der Waals surface area contributed by atoms with Crippen molar-refractivity contribution in [3.05, 3.63) is 46.3 Å². The largest absolute Gasteiger partial charge is 0.338 e. The van der Waals surface area contributed by atoms with Gasteiger partial charge in [-0.3, -0.25) is 0 Å². The van der Waals surface area contributed by atoms with E-state index in [0.29, 0.717) is 5.82 Å². The second-order valence-corrected chi connectivity index (χ2v) is 7.41. The number of sulfone groups is 1. The van der Waals surface area contributed by atoms with Gasteiger partial charge < -0.3 is 4.52 Å². The molecular weight excluding hydrogens is 319 g/mol. The summed E-state index contributed by atoms with van der Waals surface area (Å²) in [6.07, 6.45) is 0. The molecule has 0 unspecified atom stereocenters. The second-order valence-electron chi connectivity index (χ2n) is 4.93. The molecule has 1 heterocycles. The van der Waals surface area contributed by atoms with Crippen molar-refractivity contribution in [3.63, 3.8) is 0 Å². The van der Waals surface area contributed by atoms with Crippen molar-refractivity contribution >= 4 is 21.4 Å². The molecule has 0 aliphatic heterocycles. The number of hydrogen-bond acceptors (Lipinski definition) is 5. The molecule has 0 saturated carbocycles. The third-order valence-electron chi connectivity index (χ3n) is 2.77. The maximum Gasteiger partial charge on any atom is 0.241 e. The van der Waals surface area contributed by atoms with Crippen LogP contribution in [0, 0.1) is 5.82 Å². The lowest BCUT2D eigenvalue weighted by molar-refractivity contribution is 0.380. The van der Waals surface area contributed by atoms with Gasteiger partial charge in [-0.1, -0.05) is 36.7 Å². The van der Waals surface area contributed by atoms with Crippen LogP contribution in [0.1, 0.15) is 37.0 Å². The predicted octanol–water partition coefficient (Wildman–Crippen LogP) is 3.10. The Hall–Kier alpha value is -1.47. The average Bonchev–Trinajstić information content (AvgIpc) is 2.82. The molecule has 114 valence electrons. The van der Waals surface area contributed by atoms with Crippen molar-refractivity contribution in [1.29, 1.82) is 0 Å². The monoisotopic (exact) mass is 332 g/mol. The fourth-order valence-electron chi connectivity index (χ4n) is 1.69. The third-order valence-corrected chi connectivity index (χ3v) is 4.54. The standard InChI is InChI=1S/C13H14ClFN2O3S/c1-8(2)13-16-12(20-17-13)7-21(18,19)6-9-10(14)4-3-5-11(9)15/h3-5,8H,6-7H2,1-2H3. The van der Waals surface area contributed by atoms with Crippen LogP contribution in [0.4, 0.5) is 4.39 Å². The highest BCUT2D eigenvalue weighted by molar-refractivity contribution is 7.89. The highest BCUT2D eigenvalue weighted by atomic mass is 35.5. The van der Waals surface area contributed by atoms with E-state index >= 15 is 0 Å². The molecule has 0 spiro atoms. The van der Waals surface area contributed by atoms with Gasteiger partial charge in [-0.05, 0) is 12.1 Å². The van der Waals surface area contributed by atoms with Crippen LogP contribution in [0.3, 0.4) is 0 Å². The van der Waals surface area contributed by atoms with E-state index in [0.717, 1.165) is 0 Å². The van der Waals surface area contributed by atoms with Gasteiger partial charge in [0.25, 0.3) is 0 Å². The number of halogens is 2. The normalized spacial score (nSPS) is 12.0. The second kappa shape index (κ2) is 6.11. The molecule has 5 nitrogen and oxygen atoms in total. The number of nitrogens with zero attached hydrogens (tertiary/aromatic N) is 2. The summed E-state index contributed by atoms with van der Waals surface area (Å²) >= 11 is 5.83. The van der Waals surface area contributed by atoms with Gasteiger partial charge in [-0.25, -0.2) is 12.8 Å². The van der Waals surface area contributed by atoms with Crippen molar-refractivity contribution in [2.24, 2.45) is 0 Å². The van der Waals surface area contributed by atoms with Crippen molar-refractivity contribution in [1.82, 2.24) is 10.1 Å². The summed E-state index contributed by atoms with van der Waals surface area (Å²) in [5.74, 6) is -1.16. The van der Waals surface area contributed by atoms with Crippen LogP contribution >= 0.6 is 11.6 Å². The molecule has 1 aromatic heterocycles. The molecule has 0 radical (unpaired) electrons. The predicted molar refractivity (Wildman–Crippen MR) is 76.1 cm³/mol. The van der Waals surface area contributed by atoms with Crippen LogP contribution in [0.15, 0.2) is 22.7 Å². The van der Waals surface area contributed by atoms with Gasteiger partial charge in [0.05, 0.1) is 5.75 Å². The van der Waals surface area contributed by atoms with Crippen LogP contribution in [0.2, 0.25) is 5.02 Å². The molecule has 0 bridgehead atoms. The Morgan fingerprint density at radius 3 is 2.62 bits per heavy atom. The lowest BCUT2D eigenvalue weighted by Crippen LogP contribution is -2.10. The zero-order valence-electron chi connectivity index (χ0n) is 11.5. The first-order valence-electron chi connectivity index (χ1n) is 6.24. The first kappa shape index (κ1) is 15.9. The van der Waals surface area contributed by atoms with Crippen molar-refractivity contribution in [2.75, 3.05) is 0 Å². The summed E-state index contributed by atoms with van der Waals surface area (Å²) in [6.45, 7) is 3.73. The zero-order valence-corrected chi connectivity index (χ0v) is 13.1. The molecule has 0 saturated heterocycles. The lowest BCUT2D eigenvalue weighted by atomic mass is 10.2. The Morgan fingerprint density at radius 1 is 1.33 bits per heavy atom. The van der Waals surface area contributed by atoms with Crippen LogP contribution in [0.25, 0.3) is 0 Å². The molecular formula is C13H14ClFN2O3S. The van der Waals surface area contributed by atoms with Gasteiger partial charge in [0.1, 0.15) is 11.6 Å². The van der Waals surface area contributed by atoms with Gasteiger partial charge in [0, 0.05) is 16.5 Å². The maximum absolute atomic E-state index is 13.6. The molecule has 8 heteroatoms. The smallest absolute Gasteiger partial charge is 0.241 e. The summed E-state index contributed by atoms with van der Waals surface area (Å²) in [5.41, 5.74) is -0.0530. The maximum atomic E-state index is 13.6. The van der Waals surface area contributed by atoms with E-state index in [1.54, 1.807) is 0 Å². The summed E-state index contributed by atoms with van der Waals surface area (Å²) in [6, 6.07) is 4.03. The van der Waals surface area contributed by atoms with Crippen LogP contribution in [0.5, 0.6) is 0 Å². The fourth-order valence-corrected chi connectivity index (χ4v) is 3.33. The molecule has 0 aliphatic carbocycles. The van der Waals surface area contributed by atoms with Crippen molar-refractivity contribution in [3.8, 4) is 0 Å². The zero-order chi connectivity index (χ0) is 15.6. The van der Waals surface area contributed by atoms with E-state index in [9.17, 15) is 12.8 Å². The van der Waals surface area contributed by atoms with Gasteiger partial charge in [-0.2, -0.15) is 4.98 Å². The lowest BCUT2D eigenvalue weighted by Gasteiger charge is -2.05. The number of rotatable bonds is 5. The average molecular weight is 333 g/mol. The highest BCUT2D eigenvalue weighted by Crippen LogP contribution is 2.23. The number of aromatic nitrogens is 2. The van der Waals surface area contributed by atoms with Gasteiger partial charge in [-0.15, -0.1) is 0 Å². The van der Waals surface area contributed by atoms with Gasteiger partial charge in [0.2, 0.25) is 5.89 Å². The Bertz CT molecular complexity index is 723. The molecule has 0 aliphatic rings. The minimum absolute atomic E-state index is 0.00818. The van der Waals surface area contributed by atoms with Gasteiger partial charge >= 0.3 is 0 Å². The topological polar surface area (TPSA) is 73.1 Å². The molecule has 1 aromatic carbocycles. The van der Waals surface area contributed by atoms with Gasteiger partial charge in [0.15, 0.2) is 15.7 Å².